The molecule has 0 atom stereocenters. The van der Waals surface area contributed by atoms with Gasteiger partial charge in [0.25, 0.3) is 5.91 Å². The predicted molar refractivity (Wildman–Crippen MR) is 81.6 cm³/mol. The second-order valence-electron chi connectivity index (χ2n) is 4.52. The van der Waals surface area contributed by atoms with Gasteiger partial charge in [-0.15, -0.1) is 0 Å². The van der Waals surface area contributed by atoms with E-state index in [4.69, 9.17) is 4.84 Å². The van der Waals surface area contributed by atoms with Gasteiger partial charge >= 0.3 is 0 Å². The van der Waals surface area contributed by atoms with E-state index in [-0.39, 0.29) is 11.7 Å². The number of thioether (sulfide) groups is 1. The molecule has 1 N–H and O–H groups in total. The second kappa shape index (κ2) is 7.75. The summed E-state index contributed by atoms with van der Waals surface area (Å²) in [5, 5.41) is 0.603. The fourth-order valence-corrected chi connectivity index (χ4v) is 2.43. The van der Waals surface area contributed by atoms with Gasteiger partial charge in [0.15, 0.2) is 5.16 Å². The van der Waals surface area contributed by atoms with Gasteiger partial charge in [0.05, 0.1) is 12.4 Å². The quantitative estimate of drug-likeness (QED) is 0.504. The van der Waals surface area contributed by atoms with Crippen LogP contribution in [0.3, 0.4) is 0 Å². The third-order valence-corrected chi connectivity index (χ3v) is 3.41. The third-order valence-electron chi connectivity index (χ3n) is 2.56. The van der Waals surface area contributed by atoms with Crippen LogP contribution in [0.1, 0.15) is 17.0 Å². The van der Waals surface area contributed by atoms with Gasteiger partial charge in [-0.3, -0.25) is 9.63 Å². The van der Waals surface area contributed by atoms with Gasteiger partial charge in [0.2, 0.25) is 0 Å². The van der Waals surface area contributed by atoms with Crippen LogP contribution in [-0.4, -0.2) is 21.6 Å². The molecule has 0 aliphatic rings. The minimum absolute atomic E-state index is 0.210. The summed E-state index contributed by atoms with van der Waals surface area (Å²) in [6.45, 7) is 4.15. The van der Waals surface area contributed by atoms with E-state index in [1.165, 1.54) is 11.8 Å². The number of hydrogen-bond donors (Lipinski definition) is 1. The molecule has 0 aliphatic carbocycles. The van der Waals surface area contributed by atoms with E-state index in [9.17, 15) is 4.79 Å². The first-order valence-corrected chi connectivity index (χ1v) is 7.51. The Morgan fingerprint density at radius 2 is 1.86 bits per heavy atom. The van der Waals surface area contributed by atoms with E-state index >= 15 is 0 Å². The summed E-state index contributed by atoms with van der Waals surface area (Å²) < 4.78 is 0. The van der Waals surface area contributed by atoms with Crippen molar-refractivity contribution in [2.75, 3.05) is 5.75 Å². The Labute approximate surface area is 128 Å². The Morgan fingerprint density at radius 1 is 1.19 bits per heavy atom. The number of benzene rings is 1. The molecule has 1 heterocycles. The number of hydroxylamine groups is 1. The topological polar surface area (TPSA) is 64.1 Å². The largest absolute Gasteiger partial charge is 0.272 e. The van der Waals surface area contributed by atoms with Crippen molar-refractivity contribution in [2.45, 2.75) is 25.6 Å². The molecule has 0 radical (unpaired) electrons. The van der Waals surface area contributed by atoms with Crippen molar-refractivity contribution in [3.63, 3.8) is 0 Å². The molecule has 2 aromatic rings. The highest BCUT2D eigenvalue weighted by molar-refractivity contribution is 7.99. The Bertz CT molecular complexity index is 585. The highest BCUT2D eigenvalue weighted by atomic mass is 32.2. The summed E-state index contributed by atoms with van der Waals surface area (Å²) in [5.41, 5.74) is 5.21. The van der Waals surface area contributed by atoms with E-state index in [1.54, 1.807) is 0 Å². The fraction of sp³-hybridized carbons (Fsp3) is 0.267. The van der Waals surface area contributed by atoms with E-state index in [0.717, 1.165) is 17.0 Å². The van der Waals surface area contributed by atoms with Gasteiger partial charge < -0.3 is 0 Å². The molecule has 0 spiro atoms. The highest BCUT2D eigenvalue weighted by Gasteiger charge is 2.06. The average molecular weight is 303 g/mol. The number of hydrogen-bond acceptors (Lipinski definition) is 5. The summed E-state index contributed by atoms with van der Waals surface area (Å²) in [4.78, 5) is 25.4. The number of amides is 1. The first kappa shape index (κ1) is 15.5. The van der Waals surface area contributed by atoms with Crippen LogP contribution in [0.15, 0.2) is 41.6 Å². The molecule has 6 heteroatoms. The molecule has 5 nitrogen and oxygen atoms in total. The van der Waals surface area contributed by atoms with Gasteiger partial charge in [0.1, 0.15) is 0 Å². The lowest BCUT2D eigenvalue weighted by molar-refractivity contribution is -0.131. The van der Waals surface area contributed by atoms with Gasteiger partial charge in [-0.2, -0.15) is 0 Å². The molecule has 0 unspecified atom stereocenters. The van der Waals surface area contributed by atoms with E-state index in [2.05, 4.69) is 15.4 Å². The Morgan fingerprint density at radius 3 is 2.52 bits per heavy atom. The lowest BCUT2D eigenvalue weighted by atomic mass is 10.2. The van der Waals surface area contributed by atoms with Crippen LogP contribution >= 0.6 is 11.8 Å². The summed E-state index contributed by atoms with van der Waals surface area (Å²) in [5.74, 6) is 0.0104. The minimum atomic E-state index is -0.210. The van der Waals surface area contributed by atoms with Crippen LogP contribution in [0.25, 0.3) is 0 Å². The molecule has 0 bridgehead atoms. The van der Waals surface area contributed by atoms with Gasteiger partial charge in [-0.1, -0.05) is 42.1 Å². The maximum atomic E-state index is 11.7. The summed E-state index contributed by atoms with van der Waals surface area (Å²) in [7, 11) is 0. The van der Waals surface area contributed by atoms with Crippen LogP contribution in [0, 0.1) is 13.8 Å². The number of carbonyl (C=O) groups excluding carboxylic acids is 1. The zero-order valence-electron chi connectivity index (χ0n) is 12.0. The minimum Gasteiger partial charge on any atom is -0.272 e. The van der Waals surface area contributed by atoms with Crippen molar-refractivity contribution in [1.29, 1.82) is 0 Å². The molecule has 0 saturated carbocycles. The Hall–Kier alpha value is -1.92. The molecule has 110 valence electrons. The number of nitrogens with one attached hydrogen (secondary N) is 1. The van der Waals surface area contributed by atoms with Crippen LogP contribution in [-0.2, 0) is 16.2 Å². The molecule has 0 fully saturated rings. The number of carbonyl (C=O) groups is 1. The zero-order valence-corrected chi connectivity index (χ0v) is 12.8. The van der Waals surface area contributed by atoms with Crippen LogP contribution in [0.2, 0.25) is 0 Å². The Kier molecular flexibility index (Phi) is 5.71. The lowest BCUT2D eigenvalue weighted by Gasteiger charge is -2.06. The van der Waals surface area contributed by atoms with E-state index in [0.29, 0.717) is 11.8 Å². The van der Waals surface area contributed by atoms with Crippen molar-refractivity contribution in [2.24, 2.45) is 0 Å². The maximum Gasteiger partial charge on any atom is 0.254 e. The van der Waals surface area contributed by atoms with Gasteiger partial charge in [-0.05, 0) is 25.5 Å². The summed E-state index contributed by atoms with van der Waals surface area (Å²) >= 11 is 1.29. The number of aromatic nitrogens is 2. The number of nitrogens with zero attached hydrogens (tertiary/aromatic N) is 2. The van der Waals surface area contributed by atoms with Crippen LogP contribution in [0.5, 0.6) is 0 Å². The van der Waals surface area contributed by atoms with Crippen molar-refractivity contribution in [3.05, 3.63) is 53.3 Å². The molecule has 1 aromatic carbocycles. The van der Waals surface area contributed by atoms with Gasteiger partial charge in [0, 0.05) is 11.4 Å². The van der Waals surface area contributed by atoms with Crippen molar-refractivity contribution in [3.8, 4) is 0 Å². The number of rotatable bonds is 6. The molecular formula is C15H17N3O2S. The first-order valence-electron chi connectivity index (χ1n) is 6.53. The molecule has 0 aliphatic heterocycles. The molecule has 1 aromatic heterocycles. The van der Waals surface area contributed by atoms with Crippen LogP contribution < -0.4 is 5.48 Å². The molecule has 21 heavy (non-hydrogen) atoms. The van der Waals surface area contributed by atoms with E-state index in [1.807, 2.05) is 50.2 Å². The van der Waals surface area contributed by atoms with Crippen molar-refractivity contribution >= 4 is 17.7 Å². The van der Waals surface area contributed by atoms with Gasteiger partial charge in [-0.25, -0.2) is 15.4 Å². The van der Waals surface area contributed by atoms with Crippen molar-refractivity contribution in [1.82, 2.24) is 15.4 Å². The molecule has 1 amide bonds. The zero-order chi connectivity index (χ0) is 15.1. The predicted octanol–water partition coefficient (Wildman–Crippen LogP) is 2.43. The highest BCUT2D eigenvalue weighted by Crippen LogP contribution is 2.13. The normalized spacial score (nSPS) is 10.4. The summed E-state index contributed by atoms with van der Waals surface area (Å²) in [6.07, 6.45) is 0. The third kappa shape index (κ3) is 5.53. The second-order valence-corrected chi connectivity index (χ2v) is 5.46. The molecule has 0 saturated heterocycles. The maximum absolute atomic E-state index is 11.7. The first-order chi connectivity index (χ1) is 10.1. The lowest BCUT2D eigenvalue weighted by Crippen LogP contribution is -2.25. The SMILES string of the molecule is Cc1cc(C)nc(SCC(=O)NOCc2ccccc2)n1. The fourth-order valence-electron chi connectivity index (χ4n) is 1.69. The van der Waals surface area contributed by atoms with E-state index < -0.39 is 0 Å². The summed E-state index contributed by atoms with van der Waals surface area (Å²) in [6, 6.07) is 11.5. The monoisotopic (exact) mass is 303 g/mol. The standard InChI is InChI=1S/C15H17N3O2S/c1-11-8-12(2)17-15(16-11)21-10-14(19)18-20-9-13-6-4-3-5-7-13/h3-8H,9-10H2,1-2H3,(H,18,19). The average Bonchev–Trinajstić information content (AvgIpc) is 2.45. The number of aryl methyl sites for hydroxylation is 2. The van der Waals surface area contributed by atoms with Crippen molar-refractivity contribution < 1.29 is 9.63 Å². The molecular weight excluding hydrogens is 286 g/mol. The molecule has 2 rings (SSSR count). The Balaban J connectivity index is 1.72. The van der Waals surface area contributed by atoms with Crippen LogP contribution in [0.4, 0.5) is 0 Å². The smallest absolute Gasteiger partial charge is 0.254 e.